The smallest absolute Gasteiger partial charge is 0.410 e. The van der Waals surface area contributed by atoms with E-state index in [9.17, 15) is 9.59 Å². The third-order valence-electron chi connectivity index (χ3n) is 3.81. The van der Waals surface area contributed by atoms with Crippen LogP contribution in [0, 0.1) is 0 Å². The molecule has 2 amide bonds. The van der Waals surface area contributed by atoms with E-state index in [0.717, 1.165) is 17.7 Å². The van der Waals surface area contributed by atoms with E-state index in [0.29, 0.717) is 12.3 Å². The fraction of sp³-hybridized carbons (Fsp3) is 0.222. The number of rotatable bonds is 3. The summed E-state index contributed by atoms with van der Waals surface area (Å²) in [5, 5.41) is 2.58. The minimum absolute atomic E-state index is 0.139. The molecule has 0 unspecified atom stereocenters. The molecule has 1 atom stereocenters. The summed E-state index contributed by atoms with van der Waals surface area (Å²) >= 11 is 0. The molecule has 0 bridgehead atoms. The number of ether oxygens (including phenoxy) is 1. The predicted octanol–water partition coefficient (Wildman–Crippen LogP) is 2.75. The molecule has 5 nitrogen and oxygen atoms in total. The number of carbonyl (C=O) groups is 2. The van der Waals surface area contributed by atoms with Crippen molar-refractivity contribution >= 4 is 17.7 Å². The van der Waals surface area contributed by atoms with Crippen molar-refractivity contribution in [1.82, 2.24) is 5.32 Å². The maximum atomic E-state index is 12.6. The first-order valence-electron chi connectivity index (χ1n) is 7.58. The van der Waals surface area contributed by atoms with Crippen LogP contribution in [0.5, 0.6) is 5.75 Å². The van der Waals surface area contributed by atoms with Crippen LogP contribution in [0.1, 0.15) is 12.5 Å². The van der Waals surface area contributed by atoms with Gasteiger partial charge in [-0.05, 0) is 37.1 Å². The van der Waals surface area contributed by atoms with Gasteiger partial charge in [0.1, 0.15) is 11.8 Å². The number of hydrogen-bond donors (Lipinski definition) is 1. The Morgan fingerprint density at radius 1 is 1.09 bits per heavy atom. The van der Waals surface area contributed by atoms with Crippen LogP contribution in [0.15, 0.2) is 54.6 Å². The molecule has 1 heterocycles. The molecule has 0 aliphatic carbocycles. The normalized spacial score (nSPS) is 14.0. The van der Waals surface area contributed by atoms with Gasteiger partial charge >= 0.3 is 6.09 Å². The zero-order valence-corrected chi connectivity index (χ0v) is 12.9. The summed E-state index contributed by atoms with van der Waals surface area (Å²) in [5.41, 5.74) is 2.07. The number of fused-ring (bicyclic) bond motifs is 1. The summed E-state index contributed by atoms with van der Waals surface area (Å²) < 4.78 is 5.15. The lowest BCUT2D eigenvalue weighted by atomic mass is 10.2. The summed E-state index contributed by atoms with van der Waals surface area (Å²) in [4.78, 5) is 26.1. The number of nitrogens with zero attached hydrogens (tertiary/aromatic N) is 1. The van der Waals surface area contributed by atoms with Gasteiger partial charge in [-0.1, -0.05) is 36.4 Å². The van der Waals surface area contributed by atoms with Crippen LogP contribution < -0.4 is 15.0 Å². The van der Waals surface area contributed by atoms with Crippen LogP contribution >= 0.6 is 0 Å². The summed E-state index contributed by atoms with van der Waals surface area (Å²) in [7, 11) is 0. The predicted molar refractivity (Wildman–Crippen MR) is 87.6 cm³/mol. The number of carbonyl (C=O) groups excluding carboxylic acids is 2. The molecular weight excluding hydrogens is 292 g/mol. The minimum atomic E-state index is -0.655. The van der Waals surface area contributed by atoms with Crippen LogP contribution in [0.2, 0.25) is 0 Å². The molecular formula is C18H18N2O3. The topological polar surface area (TPSA) is 58.6 Å². The zero-order chi connectivity index (χ0) is 16.2. The van der Waals surface area contributed by atoms with Crippen LogP contribution in [0.3, 0.4) is 0 Å². The standard InChI is InChI=1S/C18H18N2O3/c1-13(19-18(22)23-15-8-3-2-4-9-15)17(21)20-12-11-14-7-5-6-10-16(14)20/h2-10,13H,11-12H2,1H3,(H,19,22)/t13-/m0/s1. The highest BCUT2D eigenvalue weighted by atomic mass is 16.6. The molecule has 5 heteroatoms. The molecule has 118 valence electrons. The molecule has 0 saturated carbocycles. The molecule has 0 aromatic heterocycles. The lowest BCUT2D eigenvalue weighted by Gasteiger charge is -2.22. The number of benzene rings is 2. The lowest BCUT2D eigenvalue weighted by molar-refractivity contribution is -0.120. The van der Waals surface area contributed by atoms with Crippen molar-refractivity contribution in [1.29, 1.82) is 0 Å². The summed E-state index contributed by atoms with van der Waals surface area (Å²) in [5.74, 6) is 0.302. The summed E-state index contributed by atoms with van der Waals surface area (Å²) in [6, 6.07) is 15.9. The average molecular weight is 310 g/mol. The van der Waals surface area contributed by atoms with Gasteiger partial charge in [-0.15, -0.1) is 0 Å². The first kappa shape index (κ1) is 15.1. The highest BCUT2D eigenvalue weighted by Crippen LogP contribution is 2.27. The van der Waals surface area contributed by atoms with Crippen molar-refractivity contribution in [3.8, 4) is 5.75 Å². The highest BCUT2D eigenvalue weighted by molar-refractivity contribution is 6.00. The Morgan fingerprint density at radius 3 is 2.57 bits per heavy atom. The van der Waals surface area contributed by atoms with Gasteiger partial charge in [0.15, 0.2) is 0 Å². The van der Waals surface area contributed by atoms with Crippen molar-refractivity contribution in [3.05, 3.63) is 60.2 Å². The molecule has 1 aliphatic heterocycles. The molecule has 1 N–H and O–H groups in total. The quantitative estimate of drug-likeness (QED) is 0.948. The fourth-order valence-corrected chi connectivity index (χ4v) is 2.66. The lowest BCUT2D eigenvalue weighted by Crippen LogP contribution is -2.47. The fourth-order valence-electron chi connectivity index (χ4n) is 2.66. The van der Waals surface area contributed by atoms with Gasteiger partial charge < -0.3 is 15.0 Å². The second kappa shape index (κ2) is 6.52. The number of anilines is 1. The van der Waals surface area contributed by atoms with E-state index in [1.807, 2.05) is 30.3 Å². The molecule has 0 radical (unpaired) electrons. The molecule has 0 saturated heterocycles. The largest absolute Gasteiger partial charge is 0.413 e. The van der Waals surface area contributed by atoms with Crippen LogP contribution in [0.25, 0.3) is 0 Å². The minimum Gasteiger partial charge on any atom is -0.410 e. The Bertz CT molecular complexity index is 715. The van der Waals surface area contributed by atoms with E-state index in [1.165, 1.54) is 0 Å². The Balaban J connectivity index is 1.61. The van der Waals surface area contributed by atoms with Gasteiger partial charge in [-0.25, -0.2) is 4.79 Å². The number of amides is 2. The molecule has 0 spiro atoms. The van der Waals surface area contributed by atoms with Gasteiger partial charge in [0, 0.05) is 12.2 Å². The van der Waals surface area contributed by atoms with E-state index in [1.54, 1.807) is 36.1 Å². The monoisotopic (exact) mass is 310 g/mol. The number of nitrogens with one attached hydrogen (secondary N) is 1. The van der Waals surface area contributed by atoms with Crippen molar-refractivity contribution in [2.45, 2.75) is 19.4 Å². The maximum absolute atomic E-state index is 12.6. The molecule has 0 fully saturated rings. The number of para-hydroxylation sites is 2. The average Bonchev–Trinajstić information content (AvgIpc) is 2.99. The van der Waals surface area contributed by atoms with Crippen molar-refractivity contribution in [2.24, 2.45) is 0 Å². The molecule has 2 aromatic carbocycles. The second-order valence-corrected chi connectivity index (χ2v) is 5.44. The molecule has 2 aromatic rings. The molecule has 23 heavy (non-hydrogen) atoms. The van der Waals surface area contributed by atoms with E-state index < -0.39 is 12.1 Å². The number of hydrogen-bond acceptors (Lipinski definition) is 3. The Kier molecular flexibility index (Phi) is 4.28. The van der Waals surface area contributed by atoms with Crippen molar-refractivity contribution in [3.63, 3.8) is 0 Å². The van der Waals surface area contributed by atoms with Gasteiger partial charge in [0.2, 0.25) is 5.91 Å². The molecule has 3 rings (SSSR count). The Morgan fingerprint density at radius 2 is 1.78 bits per heavy atom. The van der Waals surface area contributed by atoms with Crippen LogP contribution in [0.4, 0.5) is 10.5 Å². The van der Waals surface area contributed by atoms with E-state index in [4.69, 9.17) is 4.74 Å². The highest BCUT2D eigenvalue weighted by Gasteiger charge is 2.28. The SMILES string of the molecule is C[C@H](NC(=O)Oc1ccccc1)C(=O)N1CCc2ccccc21. The molecule has 1 aliphatic rings. The zero-order valence-electron chi connectivity index (χ0n) is 12.9. The Labute approximate surface area is 134 Å². The van der Waals surface area contributed by atoms with Crippen molar-refractivity contribution in [2.75, 3.05) is 11.4 Å². The van der Waals surface area contributed by atoms with Crippen LogP contribution in [-0.2, 0) is 11.2 Å². The first-order valence-corrected chi connectivity index (χ1v) is 7.58. The van der Waals surface area contributed by atoms with E-state index >= 15 is 0 Å². The summed E-state index contributed by atoms with van der Waals surface area (Å²) in [6.07, 6.45) is 0.202. The Hall–Kier alpha value is -2.82. The van der Waals surface area contributed by atoms with Gasteiger partial charge in [0.05, 0.1) is 0 Å². The third-order valence-corrected chi connectivity index (χ3v) is 3.81. The van der Waals surface area contributed by atoms with Gasteiger partial charge in [0.25, 0.3) is 0 Å². The third kappa shape index (κ3) is 3.34. The van der Waals surface area contributed by atoms with Crippen LogP contribution in [-0.4, -0.2) is 24.6 Å². The van der Waals surface area contributed by atoms with Gasteiger partial charge in [-0.3, -0.25) is 4.79 Å². The van der Waals surface area contributed by atoms with Crippen molar-refractivity contribution < 1.29 is 14.3 Å². The first-order chi connectivity index (χ1) is 11.1. The summed E-state index contributed by atoms with van der Waals surface area (Å²) in [6.45, 7) is 2.30. The van der Waals surface area contributed by atoms with E-state index in [2.05, 4.69) is 5.32 Å². The van der Waals surface area contributed by atoms with Gasteiger partial charge in [-0.2, -0.15) is 0 Å². The second-order valence-electron chi connectivity index (χ2n) is 5.44. The maximum Gasteiger partial charge on any atom is 0.413 e. The van der Waals surface area contributed by atoms with E-state index in [-0.39, 0.29) is 5.91 Å².